The second kappa shape index (κ2) is 50.4. The summed E-state index contributed by atoms with van der Waals surface area (Å²) in [6.45, 7) is 15.6. The SMILES string of the molecule is CC(=O)OC(CC(=O)OCCCCCCCCCCCCCCCC(C)C)(CC(=O)OCCCCCCCCCCCCCCCC(C)C)C(=O)OCCCCCCCCCCCCCCCC(C)C. The van der Waals surface area contributed by atoms with Gasteiger partial charge in [-0.05, 0) is 37.0 Å². The van der Waals surface area contributed by atoms with E-state index in [0.29, 0.717) is 19.3 Å². The van der Waals surface area contributed by atoms with Gasteiger partial charge in [-0.3, -0.25) is 14.4 Å². The summed E-state index contributed by atoms with van der Waals surface area (Å²) >= 11 is 0. The first-order valence-electron chi connectivity index (χ1n) is 30.6. The molecule has 0 atom stereocenters. The minimum Gasteiger partial charge on any atom is -0.466 e. The van der Waals surface area contributed by atoms with Crippen molar-refractivity contribution >= 4 is 23.9 Å². The summed E-state index contributed by atoms with van der Waals surface area (Å²) in [5, 5.41) is 0. The van der Waals surface area contributed by atoms with Gasteiger partial charge < -0.3 is 18.9 Å². The van der Waals surface area contributed by atoms with Crippen molar-refractivity contribution in [3.63, 3.8) is 0 Å². The van der Waals surface area contributed by atoms with Gasteiger partial charge in [0.2, 0.25) is 5.60 Å². The maximum absolute atomic E-state index is 13.8. The Balaban J connectivity index is 4.77. The van der Waals surface area contributed by atoms with Crippen molar-refractivity contribution in [3.05, 3.63) is 0 Å². The molecule has 0 aliphatic heterocycles. The van der Waals surface area contributed by atoms with Gasteiger partial charge in [0.25, 0.3) is 0 Å². The maximum atomic E-state index is 13.8. The number of unbranched alkanes of at least 4 members (excludes halogenated alkanes) is 36. The third-order valence-corrected chi connectivity index (χ3v) is 14.1. The van der Waals surface area contributed by atoms with E-state index >= 15 is 0 Å². The molecular weight excluding hydrogens is 873 g/mol. The van der Waals surface area contributed by atoms with Crippen LogP contribution in [0.15, 0.2) is 0 Å². The molecule has 0 aromatic rings. The summed E-state index contributed by atoms with van der Waals surface area (Å²) in [5.41, 5.74) is -2.13. The van der Waals surface area contributed by atoms with Gasteiger partial charge in [-0.2, -0.15) is 0 Å². The largest absolute Gasteiger partial charge is 0.466 e. The Bertz CT molecular complexity index is 1130. The van der Waals surface area contributed by atoms with Crippen LogP contribution in [0.3, 0.4) is 0 Å². The molecule has 0 fully saturated rings. The van der Waals surface area contributed by atoms with Gasteiger partial charge in [0.15, 0.2) is 0 Å². The first kappa shape index (κ1) is 67.9. The molecule has 0 bridgehead atoms. The molecule has 0 aromatic heterocycles. The van der Waals surface area contributed by atoms with Crippen molar-refractivity contribution in [2.75, 3.05) is 19.8 Å². The highest BCUT2D eigenvalue weighted by Crippen LogP contribution is 2.27. The highest BCUT2D eigenvalue weighted by atomic mass is 16.6. The molecular formula is C62H118O8. The summed E-state index contributed by atoms with van der Waals surface area (Å²) in [4.78, 5) is 52.8. The minimum atomic E-state index is -2.13. The lowest BCUT2D eigenvalue weighted by atomic mass is 9.95. The number of esters is 4. The zero-order valence-corrected chi connectivity index (χ0v) is 47.7. The standard InChI is InChI=1S/C62H118O8/c1-55(2)47-41-35-29-23-17-11-8-14-20-26-32-38-44-50-67-59(64)53-62(70-58(7)63,61(66)69-52-46-40-34-28-22-16-10-13-19-25-31-37-43-49-57(5)6)54-60(65)68-51-45-39-33-27-21-15-9-12-18-24-30-36-42-48-56(3)4/h55-57H,8-54H2,1-7H3. The molecule has 0 N–H and O–H groups in total. The smallest absolute Gasteiger partial charge is 0.351 e. The normalized spacial score (nSPS) is 11.8. The number of rotatable bonds is 54. The molecule has 0 aliphatic rings. The van der Waals surface area contributed by atoms with Gasteiger partial charge in [-0.1, -0.05) is 292 Å². The average molecular weight is 992 g/mol. The molecule has 8 heteroatoms. The Kier molecular flexibility index (Phi) is 48.9. The van der Waals surface area contributed by atoms with Crippen molar-refractivity contribution < 1.29 is 38.1 Å². The Morgan fingerprint density at radius 1 is 0.300 bits per heavy atom. The fourth-order valence-electron chi connectivity index (χ4n) is 9.63. The first-order valence-corrected chi connectivity index (χ1v) is 30.6. The van der Waals surface area contributed by atoms with Crippen LogP contribution in [-0.2, 0) is 38.1 Å². The third-order valence-electron chi connectivity index (χ3n) is 14.1. The van der Waals surface area contributed by atoms with Gasteiger partial charge in [0.1, 0.15) is 0 Å². The monoisotopic (exact) mass is 991 g/mol. The number of hydrogen-bond acceptors (Lipinski definition) is 8. The maximum Gasteiger partial charge on any atom is 0.351 e. The summed E-state index contributed by atoms with van der Waals surface area (Å²) in [7, 11) is 0. The molecule has 0 aromatic carbocycles. The lowest BCUT2D eigenvalue weighted by Gasteiger charge is -2.29. The summed E-state index contributed by atoms with van der Waals surface area (Å²) in [6.07, 6.45) is 50.3. The molecule has 0 spiro atoms. The van der Waals surface area contributed by atoms with Crippen molar-refractivity contribution in [1.29, 1.82) is 0 Å². The lowest BCUT2D eigenvalue weighted by molar-refractivity contribution is -0.190. The topological polar surface area (TPSA) is 105 Å². The molecule has 0 saturated heterocycles. The van der Waals surface area contributed by atoms with Gasteiger partial charge in [-0.15, -0.1) is 0 Å². The van der Waals surface area contributed by atoms with Crippen LogP contribution in [0.25, 0.3) is 0 Å². The van der Waals surface area contributed by atoms with E-state index in [4.69, 9.17) is 18.9 Å². The van der Waals surface area contributed by atoms with E-state index in [1.807, 2.05) is 0 Å². The summed E-state index contributed by atoms with van der Waals surface area (Å²) < 4.78 is 22.4. The van der Waals surface area contributed by atoms with E-state index in [2.05, 4.69) is 41.5 Å². The summed E-state index contributed by atoms with van der Waals surface area (Å²) in [6, 6.07) is 0. The molecule has 8 nitrogen and oxygen atoms in total. The highest BCUT2D eigenvalue weighted by molar-refractivity contribution is 5.92. The van der Waals surface area contributed by atoms with Gasteiger partial charge >= 0.3 is 23.9 Å². The zero-order valence-electron chi connectivity index (χ0n) is 47.7. The molecule has 0 radical (unpaired) electrons. The molecule has 0 aliphatic carbocycles. The van der Waals surface area contributed by atoms with Crippen molar-refractivity contribution in [1.82, 2.24) is 0 Å². The van der Waals surface area contributed by atoms with Gasteiger partial charge in [0.05, 0.1) is 32.7 Å². The minimum absolute atomic E-state index is 0.125. The fraction of sp³-hybridized carbons (Fsp3) is 0.935. The molecule has 70 heavy (non-hydrogen) atoms. The third kappa shape index (κ3) is 48.2. The van der Waals surface area contributed by atoms with Crippen LogP contribution < -0.4 is 0 Å². The molecule has 0 saturated carbocycles. The fourth-order valence-corrected chi connectivity index (χ4v) is 9.63. The Labute approximate surface area is 434 Å². The van der Waals surface area contributed by atoms with E-state index in [1.165, 1.54) is 212 Å². The quantitative estimate of drug-likeness (QED) is 0.0337. The Hall–Kier alpha value is -2.12. The Morgan fingerprint density at radius 2 is 0.500 bits per heavy atom. The predicted octanol–water partition coefficient (Wildman–Crippen LogP) is 19.1. The van der Waals surface area contributed by atoms with E-state index in [0.717, 1.165) is 62.7 Å². The van der Waals surface area contributed by atoms with Crippen molar-refractivity contribution in [3.8, 4) is 0 Å². The van der Waals surface area contributed by atoms with E-state index < -0.39 is 42.3 Å². The number of hydrogen-bond donors (Lipinski definition) is 0. The molecule has 414 valence electrons. The van der Waals surface area contributed by atoms with Crippen LogP contribution in [0.1, 0.15) is 331 Å². The van der Waals surface area contributed by atoms with Gasteiger partial charge in [0, 0.05) is 6.92 Å². The van der Waals surface area contributed by atoms with Crippen molar-refractivity contribution in [2.24, 2.45) is 17.8 Å². The first-order chi connectivity index (χ1) is 33.9. The number of carbonyl (C=O) groups excluding carboxylic acids is 4. The second-order valence-corrected chi connectivity index (χ2v) is 22.9. The van der Waals surface area contributed by atoms with E-state index in [1.54, 1.807) is 0 Å². The highest BCUT2D eigenvalue weighted by Gasteiger charge is 2.48. The van der Waals surface area contributed by atoms with Crippen LogP contribution in [-0.4, -0.2) is 49.3 Å². The van der Waals surface area contributed by atoms with Crippen LogP contribution in [0.2, 0.25) is 0 Å². The molecule has 0 unspecified atom stereocenters. The van der Waals surface area contributed by atoms with Crippen LogP contribution in [0.4, 0.5) is 0 Å². The lowest BCUT2D eigenvalue weighted by Crippen LogP contribution is -2.48. The molecule has 0 rings (SSSR count). The predicted molar refractivity (Wildman–Crippen MR) is 295 cm³/mol. The van der Waals surface area contributed by atoms with Crippen molar-refractivity contribution in [2.45, 2.75) is 337 Å². The van der Waals surface area contributed by atoms with Crippen LogP contribution in [0, 0.1) is 17.8 Å². The van der Waals surface area contributed by atoms with E-state index in [9.17, 15) is 19.2 Å². The summed E-state index contributed by atoms with van der Waals surface area (Å²) in [5.74, 6) is -0.582. The number of carbonyl (C=O) groups is 4. The molecule has 0 heterocycles. The Morgan fingerprint density at radius 3 is 0.714 bits per heavy atom. The van der Waals surface area contributed by atoms with E-state index in [-0.39, 0.29) is 19.8 Å². The molecule has 0 amide bonds. The average Bonchev–Trinajstić information content (AvgIpc) is 3.30. The van der Waals surface area contributed by atoms with Gasteiger partial charge in [-0.25, -0.2) is 4.79 Å². The van der Waals surface area contributed by atoms with Crippen LogP contribution >= 0.6 is 0 Å². The van der Waals surface area contributed by atoms with Crippen LogP contribution in [0.5, 0.6) is 0 Å². The zero-order chi connectivity index (χ0) is 51.6. The number of ether oxygens (including phenoxy) is 4. The second-order valence-electron chi connectivity index (χ2n) is 22.9.